The predicted molar refractivity (Wildman–Crippen MR) is 68.6 cm³/mol. The number of hydrogen-bond acceptors (Lipinski definition) is 4. The lowest BCUT2D eigenvalue weighted by atomic mass is 10.1. The number of aromatic nitrogens is 1. The van der Waals surface area contributed by atoms with Crippen LogP contribution in [0.5, 0.6) is 0 Å². The molecule has 0 aliphatic heterocycles. The summed E-state index contributed by atoms with van der Waals surface area (Å²) in [6.07, 6.45) is 3.31. The monoisotopic (exact) mass is 253 g/mol. The van der Waals surface area contributed by atoms with E-state index in [1.54, 1.807) is 16.2 Å². The van der Waals surface area contributed by atoms with Crippen molar-refractivity contribution in [3.63, 3.8) is 0 Å². The summed E-state index contributed by atoms with van der Waals surface area (Å²) in [4.78, 5) is 19.1. The van der Waals surface area contributed by atoms with E-state index >= 15 is 0 Å². The van der Waals surface area contributed by atoms with E-state index in [9.17, 15) is 4.79 Å². The molecule has 1 amide bonds. The van der Waals surface area contributed by atoms with Crippen LogP contribution in [-0.4, -0.2) is 28.9 Å². The highest BCUT2D eigenvalue weighted by Gasteiger charge is 2.28. The normalized spacial score (nSPS) is 16.9. The summed E-state index contributed by atoms with van der Waals surface area (Å²) in [6.45, 7) is 2.59. The van der Waals surface area contributed by atoms with Gasteiger partial charge in [0.25, 0.3) is 0 Å². The maximum Gasteiger partial charge on any atom is 0.239 e. The molecule has 1 fully saturated rings. The standard InChI is InChI=1S/C12H19N3OS/c1-8-11(17-7-14-8)6-15(2)12(16)10(13)5-9-3-4-9/h7,9-10H,3-6,13H2,1-2H3. The Balaban J connectivity index is 1.87. The summed E-state index contributed by atoms with van der Waals surface area (Å²) >= 11 is 1.59. The van der Waals surface area contributed by atoms with Gasteiger partial charge in [-0.25, -0.2) is 4.98 Å². The van der Waals surface area contributed by atoms with Crippen molar-refractivity contribution >= 4 is 17.2 Å². The maximum absolute atomic E-state index is 12.0. The Hall–Kier alpha value is -0.940. The number of amides is 1. The Morgan fingerprint density at radius 1 is 1.71 bits per heavy atom. The average Bonchev–Trinajstić information content (AvgIpc) is 3.02. The molecule has 0 saturated heterocycles. The molecule has 1 heterocycles. The zero-order valence-corrected chi connectivity index (χ0v) is 11.2. The van der Waals surface area contributed by atoms with Gasteiger partial charge in [-0.15, -0.1) is 11.3 Å². The molecule has 94 valence electrons. The molecule has 4 nitrogen and oxygen atoms in total. The highest BCUT2D eigenvalue weighted by Crippen LogP contribution is 2.33. The molecule has 1 saturated carbocycles. The van der Waals surface area contributed by atoms with Gasteiger partial charge in [0.1, 0.15) is 0 Å². The van der Waals surface area contributed by atoms with Crippen LogP contribution in [0.15, 0.2) is 5.51 Å². The quantitative estimate of drug-likeness (QED) is 0.866. The van der Waals surface area contributed by atoms with Crippen LogP contribution in [0.3, 0.4) is 0 Å². The van der Waals surface area contributed by atoms with Gasteiger partial charge in [0.05, 0.1) is 23.8 Å². The first kappa shape index (κ1) is 12.5. The van der Waals surface area contributed by atoms with Gasteiger partial charge in [0.2, 0.25) is 5.91 Å². The third-order valence-corrected chi connectivity index (χ3v) is 4.12. The summed E-state index contributed by atoms with van der Waals surface area (Å²) in [5.41, 5.74) is 8.74. The van der Waals surface area contributed by atoms with E-state index in [1.165, 1.54) is 12.8 Å². The Morgan fingerprint density at radius 2 is 2.41 bits per heavy atom. The van der Waals surface area contributed by atoms with Gasteiger partial charge < -0.3 is 10.6 Å². The molecular weight excluding hydrogens is 234 g/mol. The van der Waals surface area contributed by atoms with Gasteiger partial charge in [-0.1, -0.05) is 12.8 Å². The number of hydrogen-bond donors (Lipinski definition) is 1. The molecule has 17 heavy (non-hydrogen) atoms. The minimum absolute atomic E-state index is 0.0460. The first-order valence-corrected chi connectivity index (χ1v) is 6.85. The SMILES string of the molecule is Cc1ncsc1CN(C)C(=O)C(N)CC1CC1. The number of nitrogens with two attached hydrogens (primary N) is 1. The molecule has 0 aromatic carbocycles. The zero-order valence-electron chi connectivity index (χ0n) is 10.3. The number of aryl methyl sites for hydroxylation is 1. The molecule has 1 atom stereocenters. The van der Waals surface area contributed by atoms with Crippen LogP contribution in [-0.2, 0) is 11.3 Å². The minimum atomic E-state index is -0.333. The number of nitrogens with zero attached hydrogens (tertiary/aromatic N) is 2. The average molecular weight is 253 g/mol. The lowest BCUT2D eigenvalue weighted by Crippen LogP contribution is -2.41. The first-order valence-electron chi connectivity index (χ1n) is 5.97. The summed E-state index contributed by atoms with van der Waals surface area (Å²) < 4.78 is 0. The van der Waals surface area contributed by atoms with E-state index in [-0.39, 0.29) is 11.9 Å². The van der Waals surface area contributed by atoms with Gasteiger partial charge in [0, 0.05) is 11.9 Å². The lowest BCUT2D eigenvalue weighted by molar-refractivity contribution is -0.132. The molecule has 0 radical (unpaired) electrons. The maximum atomic E-state index is 12.0. The molecule has 1 unspecified atom stereocenters. The van der Waals surface area contributed by atoms with Gasteiger partial charge in [0.15, 0.2) is 0 Å². The fraction of sp³-hybridized carbons (Fsp3) is 0.667. The van der Waals surface area contributed by atoms with Crippen LogP contribution in [0, 0.1) is 12.8 Å². The third-order valence-electron chi connectivity index (χ3n) is 3.20. The second kappa shape index (κ2) is 5.14. The van der Waals surface area contributed by atoms with Gasteiger partial charge >= 0.3 is 0 Å². The van der Waals surface area contributed by atoms with Crippen LogP contribution in [0.25, 0.3) is 0 Å². The number of carbonyl (C=O) groups excluding carboxylic acids is 1. The molecule has 5 heteroatoms. The molecule has 1 aliphatic rings. The van der Waals surface area contributed by atoms with Crippen LogP contribution in [0.2, 0.25) is 0 Å². The summed E-state index contributed by atoms with van der Waals surface area (Å²) in [5, 5.41) is 0. The van der Waals surface area contributed by atoms with Crippen molar-refractivity contribution in [1.82, 2.24) is 9.88 Å². The van der Waals surface area contributed by atoms with E-state index in [0.29, 0.717) is 12.5 Å². The van der Waals surface area contributed by atoms with Crippen LogP contribution >= 0.6 is 11.3 Å². The Kier molecular flexibility index (Phi) is 3.79. The lowest BCUT2D eigenvalue weighted by Gasteiger charge is -2.20. The fourth-order valence-electron chi connectivity index (χ4n) is 1.87. The minimum Gasteiger partial charge on any atom is -0.339 e. The molecule has 1 aromatic heterocycles. The second-order valence-electron chi connectivity index (χ2n) is 4.84. The first-order chi connectivity index (χ1) is 8.08. The fourth-order valence-corrected chi connectivity index (χ4v) is 2.70. The molecule has 0 bridgehead atoms. The van der Waals surface area contributed by atoms with E-state index in [4.69, 9.17) is 5.73 Å². The highest BCUT2D eigenvalue weighted by atomic mass is 32.1. The largest absolute Gasteiger partial charge is 0.339 e. The van der Waals surface area contributed by atoms with Crippen molar-refractivity contribution in [2.45, 2.75) is 38.8 Å². The summed E-state index contributed by atoms with van der Waals surface area (Å²) in [6, 6.07) is -0.333. The number of likely N-dealkylation sites (N-methyl/N-ethyl adjacent to an activating group) is 1. The van der Waals surface area contributed by atoms with Crippen molar-refractivity contribution in [2.75, 3.05) is 7.05 Å². The zero-order chi connectivity index (χ0) is 12.4. The van der Waals surface area contributed by atoms with Crippen LogP contribution in [0.4, 0.5) is 0 Å². The molecule has 1 aromatic rings. The summed E-state index contributed by atoms with van der Waals surface area (Å²) in [5.74, 6) is 0.734. The summed E-state index contributed by atoms with van der Waals surface area (Å²) in [7, 11) is 1.81. The number of rotatable bonds is 5. The Morgan fingerprint density at radius 3 is 2.94 bits per heavy atom. The molecule has 0 spiro atoms. The number of carbonyl (C=O) groups is 1. The smallest absolute Gasteiger partial charge is 0.239 e. The highest BCUT2D eigenvalue weighted by molar-refractivity contribution is 7.09. The molecule has 2 N–H and O–H groups in total. The van der Waals surface area contributed by atoms with E-state index in [0.717, 1.165) is 17.0 Å². The van der Waals surface area contributed by atoms with Crippen molar-refractivity contribution in [3.05, 3.63) is 16.1 Å². The molecule has 1 aliphatic carbocycles. The second-order valence-corrected chi connectivity index (χ2v) is 5.78. The number of thiazole rings is 1. The molecular formula is C12H19N3OS. The predicted octanol–water partition coefficient (Wildman–Crippen LogP) is 1.54. The van der Waals surface area contributed by atoms with Crippen LogP contribution in [0.1, 0.15) is 29.8 Å². The van der Waals surface area contributed by atoms with Gasteiger partial charge in [-0.3, -0.25) is 4.79 Å². The van der Waals surface area contributed by atoms with Gasteiger partial charge in [-0.05, 0) is 19.3 Å². The topological polar surface area (TPSA) is 59.2 Å². The van der Waals surface area contributed by atoms with Crippen molar-refractivity contribution < 1.29 is 4.79 Å². The van der Waals surface area contributed by atoms with E-state index in [1.807, 2.05) is 19.5 Å². The Bertz CT molecular complexity index is 400. The molecule has 2 rings (SSSR count). The van der Waals surface area contributed by atoms with Crippen molar-refractivity contribution in [3.8, 4) is 0 Å². The van der Waals surface area contributed by atoms with E-state index in [2.05, 4.69) is 4.98 Å². The van der Waals surface area contributed by atoms with E-state index < -0.39 is 0 Å². The van der Waals surface area contributed by atoms with Crippen molar-refractivity contribution in [2.24, 2.45) is 11.7 Å². The Labute approximate surface area is 106 Å². The third kappa shape index (κ3) is 3.26. The van der Waals surface area contributed by atoms with Crippen molar-refractivity contribution in [1.29, 1.82) is 0 Å². The van der Waals surface area contributed by atoms with Gasteiger partial charge in [-0.2, -0.15) is 0 Å². The van der Waals surface area contributed by atoms with Crippen LogP contribution < -0.4 is 5.73 Å².